The maximum atomic E-state index is 14.4. The average Bonchev–Trinajstić information content (AvgIpc) is 3.11. The molecule has 8 rings (SSSR count). The molecule has 1 N–H and O–H groups in total. The Hall–Kier alpha value is -3.26. The molecule has 9 atom stereocenters. The van der Waals surface area contributed by atoms with Crippen LogP contribution in [-0.2, 0) is 11.3 Å². The molecular formula is C34H40N4O4. The van der Waals surface area contributed by atoms with Crippen LogP contribution in [0.15, 0.2) is 52.1 Å². The summed E-state index contributed by atoms with van der Waals surface area (Å²) in [5, 5.41) is 9.50. The Kier molecular flexibility index (Phi) is 6.22. The number of aromatic nitrogens is 3. The van der Waals surface area contributed by atoms with Crippen molar-refractivity contribution < 1.29 is 9.90 Å². The van der Waals surface area contributed by atoms with E-state index in [4.69, 9.17) is 4.98 Å². The molecule has 3 aliphatic carbocycles. The van der Waals surface area contributed by atoms with Gasteiger partial charge >= 0.3 is 5.97 Å². The highest BCUT2D eigenvalue weighted by Gasteiger charge is 2.56. The monoisotopic (exact) mass is 568 g/mol. The summed E-state index contributed by atoms with van der Waals surface area (Å²) in [4.78, 5) is 46.4. The standard InChI is InChI=1S/C34H40N4O4/c1-19-20-12-21-13-22(32(19)21)15-25(14-20)37-23-6-4-7-24(37)17-26(16-23)38-28-9-3-2-8-27(28)35-33(34(38)42)29-10-5-11-30(39)36(29)18-31(40)41/h2-3,5,8-11,19-26,32H,4,6-7,12-18H2,1H3,(H,40,41)/t19?,20-,21+,22+,23-,24+,25-,26+,32?/m1/s1. The number of aliphatic carboxylic acids is 1. The summed E-state index contributed by atoms with van der Waals surface area (Å²) < 4.78 is 3.09. The van der Waals surface area contributed by atoms with Gasteiger partial charge in [-0.15, -0.1) is 0 Å². The normalized spacial score (nSPS) is 35.5. The van der Waals surface area contributed by atoms with Crippen LogP contribution in [0.1, 0.15) is 70.8 Å². The molecule has 2 saturated heterocycles. The van der Waals surface area contributed by atoms with Crippen LogP contribution >= 0.6 is 0 Å². The molecule has 5 aliphatic rings. The Morgan fingerprint density at radius 2 is 1.57 bits per heavy atom. The predicted octanol–water partition coefficient (Wildman–Crippen LogP) is 4.94. The Balaban J connectivity index is 1.18. The molecule has 8 nitrogen and oxygen atoms in total. The third-order valence-corrected chi connectivity index (χ3v) is 12.0. The Morgan fingerprint density at radius 1 is 0.857 bits per heavy atom. The molecule has 2 unspecified atom stereocenters. The first-order valence-electron chi connectivity index (χ1n) is 16.1. The van der Waals surface area contributed by atoms with Gasteiger partial charge in [0.05, 0.1) is 16.7 Å². The van der Waals surface area contributed by atoms with Gasteiger partial charge in [0.2, 0.25) is 0 Å². The minimum atomic E-state index is -1.13. The van der Waals surface area contributed by atoms with Gasteiger partial charge in [-0.05, 0) is 99.2 Å². The number of hydrogen-bond acceptors (Lipinski definition) is 5. The third kappa shape index (κ3) is 4.04. The van der Waals surface area contributed by atoms with Gasteiger partial charge in [-0.3, -0.25) is 23.9 Å². The number of para-hydroxylation sites is 2. The van der Waals surface area contributed by atoms with Crippen molar-refractivity contribution in [2.45, 2.75) is 95.4 Å². The lowest BCUT2D eigenvalue weighted by molar-refractivity contribution is -0.137. The highest BCUT2D eigenvalue weighted by molar-refractivity contribution is 5.78. The molecule has 1 aromatic carbocycles. The van der Waals surface area contributed by atoms with Gasteiger partial charge in [-0.2, -0.15) is 0 Å². The van der Waals surface area contributed by atoms with Crippen LogP contribution in [0.25, 0.3) is 22.4 Å². The number of carbonyl (C=O) groups is 1. The lowest BCUT2D eigenvalue weighted by Gasteiger charge is -2.54. The fourth-order valence-electron chi connectivity index (χ4n) is 10.4. The van der Waals surface area contributed by atoms with E-state index in [1.807, 2.05) is 28.8 Å². The number of piperidine rings is 2. The Bertz CT molecular complexity index is 1660. The number of carboxylic acid groups (broad SMARTS) is 1. The number of rotatable bonds is 5. The number of carboxylic acids is 1. The molecule has 0 amide bonds. The molecule has 8 heteroatoms. The fourth-order valence-corrected chi connectivity index (χ4v) is 10.4. The van der Waals surface area contributed by atoms with Crippen molar-refractivity contribution in [1.29, 1.82) is 0 Å². The summed E-state index contributed by atoms with van der Waals surface area (Å²) in [5.41, 5.74) is 1.21. The molecule has 4 bridgehead atoms. The molecule has 0 spiro atoms. The minimum absolute atomic E-state index is 0.0355. The van der Waals surface area contributed by atoms with Crippen molar-refractivity contribution in [2.24, 2.45) is 29.6 Å². The van der Waals surface area contributed by atoms with Crippen molar-refractivity contribution >= 4 is 17.0 Å². The zero-order chi connectivity index (χ0) is 28.7. The van der Waals surface area contributed by atoms with Crippen LogP contribution in [0.5, 0.6) is 0 Å². The summed E-state index contributed by atoms with van der Waals surface area (Å²) in [5.74, 6) is 3.49. The van der Waals surface area contributed by atoms with E-state index in [2.05, 4.69) is 11.8 Å². The van der Waals surface area contributed by atoms with Gasteiger partial charge in [-0.1, -0.05) is 31.5 Å². The molecule has 2 aliphatic heterocycles. The predicted molar refractivity (Wildman–Crippen MR) is 160 cm³/mol. The topological polar surface area (TPSA) is 97.4 Å². The van der Waals surface area contributed by atoms with Gasteiger partial charge in [0.25, 0.3) is 11.1 Å². The summed E-state index contributed by atoms with van der Waals surface area (Å²) in [6.07, 6.45) is 11.1. The number of hydrogen-bond donors (Lipinski definition) is 1. The molecule has 220 valence electrons. The van der Waals surface area contributed by atoms with E-state index < -0.39 is 18.1 Å². The minimum Gasteiger partial charge on any atom is -0.480 e. The highest BCUT2D eigenvalue weighted by atomic mass is 16.4. The summed E-state index contributed by atoms with van der Waals surface area (Å²) in [7, 11) is 0. The van der Waals surface area contributed by atoms with Gasteiger partial charge in [0.15, 0.2) is 5.69 Å². The van der Waals surface area contributed by atoms with Gasteiger partial charge in [0.1, 0.15) is 6.54 Å². The van der Waals surface area contributed by atoms with Gasteiger partial charge in [-0.25, -0.2) is 4.98 Å². The van der Waals surface area contributed by atoms with Gasteiger partial charge < -0.3 is 9.67 Å². The van der Waals surface area contributed by atoms with E-state index in [-0.39, 0.29) is 23.0 Å². The number of pyridine rings is 1. The van der Waals surface area contributed by atoms with Crippen LogP contribution in [0, 0.1) is 29.6 Å². The van der Waals surface area contributed by atoms with Crippen molar-refractivity contribution in [2.75, 3.05) is 0 Å². The van der Waals surface area contributed by atoms with E-state index in [0.29, 0.717) is 23.6 Å². The number of benzene rings is 1. The molecule has 3 aromatic rings. The van der Waals surface area contributed by atoms with Crippen LogP contribution in [0.2, 0.25) is 0 Å². The second-order valence-corrected chi connectivity index (χ2v) is 14.0. The number of fused-ring (bicyclic) bond motifs is 4. The van der Waals surface area contributed by atoms with E-state index in [9.17, 15) is 19.5 Å². The summed E-state index contributed by atoms with van der Waals surface area (Å²) >= 11 is 0. The van der Waals surface area contributed by atoms with Crippen LogP contribution in [0.3, 0.4) is 0 Å². The Labute approximate surface area is 245 Å². The van der Waals surface area contributed by atoms with E-state index >= 15 is 0 Å². The summed E-state index contributed by atoms with van der Waals surface area (Å²) in [6, 6.07) is 13.9. The maximum Gasteiger partial charge on any atom is 0.323 e. The molecular weight excluding hydrogens is 528 g/mol. The second-order valence-electron chi connectivity index (χ2n) is 14.0. The molecule has 42 heavy (non-hydrogen) atoms. The molecule has 0 radical (unpaired) electrons. The molecule has 2 aromatic heterocycles. The van der Waals surface area contributed by atoms with E-state index in [1.54, 1.807) is 12.1 Å². The molecule has 4 heterocycles. The Morgan fingerprint density at radius 3 is 2.36 bits per heavy atom. The van der Waals surface area contributed by atoms with Crippen molar-refractivity contribution in [3.05, 3.63) is 63.2 Å². The quantitative estimate of drug-likeness (QED) is 0.468. The first kappa shape index (κ1) is 26.4. The fraction of sp³-hybridized carbons (Fsp3) is 0.588. The second kappa shape index (κ2) is 9.90. The molecule has 5 fully saturated rings. The average molecular weight is 569 g/mol. The molecule has 3 saturated carbocycles. The van der Waals surface area contributed by atoms with Crippen molar-refractivity contribution in [3.8, 4) is 11.4 Å². The van der Waals surface area contributed by atoms with E-state index in [0.717, 1.165) is 52.5 Å². The van der Waals surface area contributed by atoms with Crippen molar-refractivity contribution in [1.82, 2.24) is 19.0 Å². The first-order chi connectivity index (χ1) is 20.4. The zero-order valence-corrected chi connectivity index (χ0v) is 24.3. The maximum absolute atomic E-state index is 14.4. The zero-order valence-electron chi connectivity index (χ0n) is 24.3. The largest absolute Gasteiger partial charge is 0.480 e. The van der Waals surface area contributed by atoms with Crippen LogP contribution < -0.4 is 11.1 Å². The van der Waals surface area contributed by atoms with Crippen LogP contribution in [-0.4, -0.2) is 48.2 Å². The third-order valence-electron chi connectivity index (χ3n) is 12.0. The SMILES string of the molecule is CC1C2[C@H]3C[C@@H]1C[C@@H](N1[C@@H]4CCC[C@H]1C[C@@H](n1c(=O)c(-c5cccc(=O)n5CC(=O)O)nc5ccccc51)C4)C[C@@H]2C3. The number of nitrogens with zero attached hydrogens (tertiary/aromatic N) is 4. The lowest BCUT2D eigenvalue weighted by atomic mass is 9.62. The summed E-state index contributed by atoms with van der Waals surface area (Å²) in [6.45, 7) is 2.01. The van der Waals surface area contributed by atoms with Crippen LogP contribution in [0.4, 0.5) is 0 Å². The lowest BCUT2D eigenvalue weighted by Crippen LogP contribution is -2.58. The van der Waals surface area contributed by atoms with E-state index in [1.165, 1.54) is 51.0 Å². The van der Waals surface area contributed by atoms with Gasteiger partial charge in [0, 0.05) is 30.2 Å². The van der Waals surface area contributed by atoms with Crippen molar-refractivity contribution in [3.63, 3.8) is 0 Å². The smallest absolute Gasteiger partial charge is 0.323 e. The highest BCUT2D eigenvalue weighted by Crippen LogP contribution is 2.62. The first-order valence-corrected chi connectivity index (χ1v) is 16.1.